The van der Waals surface area contributed by atoms with Crippen molar-refractivity contribution >= 4 is 34.8 Å². The molecular formula is C15H18ClN3OS. The Morgan fingerprint density at radius 2 is 2.10 bits per heavy atom. The van der Waals surface area contributed by atoms with Crippen LogP contribution in [-0.2, 0) is 4.79 Å². The molecule has 1 N–H and O–H groups in total. The largest absolute Gasteiger partial charge is 0.351 e. The Morgan fingerprint density at radius 3 is 2.67 bits per heavy atom. The third-order valence-corrected chi connectivity index (χ3v) is 4.20. The number of thiocarbonyl (C=S) groups is 1. The topological polar surface area (TPSA) is 35.6 Å². The Morgan fingerprint density at radius 1 is 1.43 bits per heavy atom. The number of hydrogen-bond acceptors (Lipinski definition) is 2. The monoisotopic (exact) mass is 323 g/mol. The van der Waals surface area contributed by atoms with E-state index in [2.05, 4.69) is 5.32 Å². The minimum Gasteiger partial charge on any atom is -0.351 e. The first-order valence-corrected chi connectivity index (χ1v) is 7.33. The molecule has 1 unspecified atom stereocenters. The van der Waals surface area contributed by atoms with E-state index in [1.807, 2.05) is 43.1 Å². The fourth-order valence-corrected chi connectivity index (χ4v) is 2.74. The van der Waals surface area contributed by atoms with E-state index >= 15 is 0 Å². The molecule has 1 aromatic rings. The fourth-order valence-electron chi connectivity index (χ4n) is 2.29. The molecule has 0 aromatic heterocycles. The van der Waals surface area contributed by atoms with Crippen LogP contribution in [0.1, 0.15) is 18.5 Å². The molecule has 0 saturated carbocycles. The van der Waals surface area contributed by atoms with Gasteiger partial charge >= 0.3 is 0 Å². The van der Waals surface area contributed by atoms with Gasteiger partial charge in [-0.1, -0.05) is 23.7 Å². The molecule has 21 heavy (non-hydrogen) atoms. The number of likely N-dealkylation sites (N-methyl/N-ethyl adjacent to an activating group) is 1. The van der Waals surface area contributed by atoms with E-state index in [9.17, 15) is 4.79 Å². The van der Waals surface area contributed by atoms with Crippen molar-refractivity contribution in [1.29, 1.82) is 0 Å². The van der Waals surface area contributed by atoms with Gasteiger partial charge in [0.2, 0.25) is 0 Å². The first-order chi connectivity index (χ1) is 9.82. The van der Waals surface area contributed by atoms with E-state index in [0.29, 0.717) is 15.7 Å². The number of carbonyl (C=O) groups is 1. The summed E-state index contributed by atoms with van der Waals surface area (Å²) in [6, 6.07) is 7.18. The minimum absolute atomic E-state index is 0.0423. The smallest absolute Gasteiger partial charge is 0.253 e. The molecule has 4 nitrogen and oxygen atoms in total. The van der Waals surface area contributed by atoms with Gasteiger partial charge in [0, 0.05) is 31.9 Å². The van der Waals surface area contributed by atoms with Gasteiger partial charge in [-0.25, -0.2) is 0 Å². The lowest BCUT2D eigenvalue weighted by atomic mass is 9.94. The third-order valence-electron chi connectivity index (χ3n) is 3.57. The summed E-state index contributed by atoms with van der Waals surface area (Å²) in [5.74, 6) is -0.0423. The second kappa shape index (κ2) is 6.03. The minimum atomic E-state index is -0.290. The number of carbonyl (C=O) groups excluding carboxylic acids is 1. The molecule has 1 aliphatic rings. The lowest BCUT2D eigenvalue weighted by Gasteiger charge is -2.36. The van der Waals surface area contributed by atoms with Gasteiger partial charge in [-0.2, -0.15) is 0 Å². The van der Waals surface area contributed by atoms with Gasteiger partial charge < -0.3 is 15.1 Å². The maximum atomic E-state index is 12.6. The molecule has 1 heterocycles. The summed E-state index contributed by atoms with van der Waals surface area (Å²) in [4.78, 5) is 15.9. The van der Waals surface area contributed by atoms with Gasteiger partial charge in [0.1, 0.15) is 0 Å². The van der Waals surface area contributed by atoms with Crippen LogP contribution in [-0.4, -0.2) is 42.0 Å². The van der Waals surface area contributed by atoms with Crippen LogP contribution in [0.5, 0.6) is 0 Å². The van der Waals surface area contributed by atoms with Crippen molar-refractivity contribution < 1.29 is 4.79 Å². The molecule has 0 fully saturated rings. The first kappa shape index (κ1) is 15.8. The lowest BCUT2D eigenvalue weighted by Crippen LogP contribution is -2.47. The predicted octanol–water partition coefficient (Wildman–Crippen LogP) is 2.56. The molecule has 0 saturated heterocycles. The van der Waals surface area contributed by atoms with Gasteiger partial charge in [0.25, 0.3) is 5.91 Å². The Kier molecular flexibility index (Phi) is 4.54. The average Bonchev–Trinajstić information content (AvgIpc) is 2.43. The van der Waals surface area contributed by atoms with Crippen LogP contribution in [0.3, 0.4) is 0 Å². The molecule has 0 aliphatic carbocycles. The van der Waals surface area contributed by atoms with Crippen molar-refractivity contribution in [3.05, 3.63) is 46.1 Å². The van der Waals surface area contributed by atoms with Crippen LogP contribution in [0.2, 0.25) is 5.02 Å². The van der Waals surface area contributed by atoms with Crippen molar-refractivity contribution in [2.45, 2.75) is 13.0 Å². The SMILES string of the molecule is CC1=C(C(=O)N(C)C)C(c2cccc(Cl)c2)NC(=S)N1C. The van der Waals surface area contributed by atoms with Gasteiger partial charge in [-0.05, 0) is 36.8 Å². The molecule has 1 atom stereocenters. The molecule has 1 amide bonds. The molecule has 1 aliphatic heterocycles. The Labute approximate surface area is 135 Å². The van der Waals surface area contributed by atoms with E-state index < -0.39 is 0 Å². The summed E-state index contributed by atoms with van der Waals surface area (Å²) in [6.45, 7) is 1.90. The number of rotatable bonds is 2. The van der Waals surface area contributed by atoms with Crippen LogP contribution in [0.4, 0.5) is 0 Å². The first-order valence-electron chi connectivity index (χ1n) is 6.55. The highest BCUT2D eigenvalue weighted by molar-refractivity contribution is 7.80. The van der Waals surface area contributed by atoms with Crippen molar-refractivity contribution in [2.24, 2.45) is 0 Å². The normalized spacial score (nSPS) is 18.6. The third kappa shape index (κ3) is 3.04. The molecule has 1 aromatic carbocycles. The summed E-state index contributed by atoms with van der Waals surface area (Å²) >= 11 is 11.4. The molecule has 0 radical (unpaired) electrons. The Hall–Kier alpha value is -1.59. The second-order valence-corrected chi connectivity index (χ2v) is 6.02. The van der Waals surface area contributed by atoms with Crippen LogP contribution in [0.15, 0.2) is 35.5 Å². The van der Waals surface area contributed by atoms with Gasteiger partial charge in [-0.3, -0.25) is 4.79 Å². The van der Waals surface area contributed by atoms with E-state index in [0.717, 1.165) is 11.3 Å². The molecule has 0 spiro atoms. The van der Waals surface area contributed by atoms with Crippen LogP contribution >= 0.6 is 23.8 Å². The number of halogens is 1. The average molecular weight is 324 g/mol. The quantitative estimate of drug-likeness (QED) is 0.849. The molecule has 0 bridgehead atoms. The highest BCUT2D eigenvalue weighted by atomic mass is 35.5. The predicted molar refractivity (Wildman–Crippen MR) is 89.1 cm³/mol. The van der Waals surface area contributed by atoms with Crippen molar-refractivity contribution in [1.82, 2.24) is 15.1 Å². The zero-order chi connectivity index (χ0) is 15.7. The van der Waals surface area contributed by atoms with Crippen molar-refractivity contribution in [2.75, 3.05) is 21.1 Å². The van der Waals surface area contributed by atoms with E-state index in [4.69, 9.17) is 23.8 Å². The fraction of sp³-hybridized carbons (Fsp3) is 0.333. The molecular weight excluding hydrogens is 306 g/mol. The van der Waals surface area contributed by atoms with Crippen LogP contribution in [0.25, 0.3) is 0 Å². The number of benzene rings is 1. The number of nitrogens with zero attached hydrogens (tertiary/aromatic N) is 2. The van der Waals surface area contributed by atoms with Crippen LogP contribution < -0.4 is 5.32 Å². The van der Waals surface area contributed by atoms with E-state index in [1.54, 1.807) is 19.0 Å². The second-order valence-electron chi connectivity index (χ2n) is 5.20. The molecule has 112 valence electrons. The van der Waals surface area contributed by atoms with Crippen molar-refractivity contribution in [3.63, 3.8) is 0 Å². The summed E-state index contributed by atoms with van der Waals surface area (Å²) in [7, 11) is 5.33. The highest BCUT2D eigenvalue weighted by Crippen LogP contribution is 2.31. The van der Waals surface area contributed by atoms with E-state index in [-0.39, 0.29) is 11.9 Å². The van der Waals surface area contributed by atoms with Crippen molar-refractivity contribution in [3.8, 4) is 0 Å². The van der Waals surface area contributed by atoms with Gasteiger partial charge in [0.15, 0.2) is 5.11 Å². The Balaban J connectivity index is 2.56. The zero-order valence-electron chi connectivity index (χ0n) is 12.5. The maximum absolute atomic E-state index is 12.6. The summed E-state index contributed by atoms with van der Waals surface area (Å²) in [5.41, 5.74) is 2.45. The van der Waals surface area contributed by atoms with Gasteiger partial charge in [0.05, 0.1) is 11.6 Å². The van der Waals surface area contributed by atoms with E-state index in [1.165, 1.54) is 0 Å². The maximum Gasteiger partial charge on any atom is 0.253 e. The number of nitrogens with one attached hydrogen (secondary N) is 1. The number of allylic oxidation sites excluding steroid dienone is 1. The Bertz CT molecular complexity index is 627. The zero-order valence-corrected chi connectivity index (χ0v) is 14.0. The summed E-state index contributed by atoms with van der Waals surface area (Å²) in [5, 5.41) is 4.44. The van der Waals surface area contributed by atoms with Crippen LogP contribution in [0, 0.1) is 0 Å². The standard InChI is InChI=1S/C15H18ClN3OS/c1-9-12(14(20)18(2)3)13(17-15(21)19(9)4)10-6-5-7-11(16)8-10/h5-8,13H,1-4H3,(H,17,21). The summed E-state index contributed by atoms with van der Waals surface area (Å²) in [6.07, 6.45) is 0. The molecule has 2 rings (SSSR count). The van der Waals surface area contributed by atoms with Gasteiger partial charge in [-0.15, -0.1) is 0 Å². The number of hydrogen-bond donors (Lipinski definition) is 1. The summed E-state index contributed by atoms with van der Waals surface area (Å²) < 4.78 is 0. The molecule has 6 heteroatoms. The lowest BCUT2D eigenvalue weighted by molar-refractivity contribution is -0.125. The highest BCUT2D eigenvalue weighted by Gasteiger charge is 2.33. The number of amides is 1.